The van der Waals surface area contributed by atoms with Crippen LogP contribution in [0.1, 0.15) is 46.0 Å². The topological polar surface area (TPSA) is 57.5 Å². The molecule has 0 saturated carbocycles. The third-order valence-electron chi connectivity index (χ3n) is 2.25. The molecular weight excluding hydrogens is 295 g/mol. The molecule has 2 N–H and O–H groups in total. The van der Waals surface area contributed by atoms with E-state index in [9.17, 15) is 9.90 Å². The Morgan fingerprint density at radius 1 is 1.50 bits per heavy atom. The van der Waals surface area contributed by atoms with E-state index in [2.05, 4.69) is 0 Å². The van der Waals surface area contributed by atoms with E-state index < -0.39 is 9.39 Å². The molecule has 0 bridgehead atoms. The van der Waals surface area contributed by atoms with E-state index in [0.29, 0.717) is 12.8 Å². The van der Waals surface area contributed by atoms with Crippen LogP contribution in [0.2, 0.25) is 0 Å². The standard InChI is InChI=1S/C10H19IO3/c1-3-5-8(12)6-4-7-10(2,11)9(13)14/h8,12H,3-7H2,1-2H3,(H,13,14). The Morgan fingerprint density at radius 3 is 2.50 bits per heavy atom. The number of aliphatic hydroxyl groups excluding tert-OH is 1. The van der Waals surface area contributed by atoms with Gasteiger partial charge in [0.15, 0.2) is 0 Å². The van der Waals surface area contributed by atoms with Crippen LogP contribution in [0.4, 0.5) is 0 Å². The molecule has 0 rings (SSSR count). The quantitative estimate of drug-likeness (QED) is 0.561. The van der Waals surface area contributed by atoms with E-state index in [0.717, 1.165) is 19.3 Å². The SMILES string of the molecule is CCCC(O)CCCC(C)(I)C(=O)O. The van der Waals surface area contributed by atoms with E-state index in [-0.39, 0.29) is 6.10 Å². The first-order chi connectivity index (χ1) is 6.40. The molecule has 2 unspecified atom stereocenters. The number of hydrogen-bond acceptors (Lipinski definition) is 2. The minimum Gasteiger partial charge on any atom is -0.480 e. The number of carbonyl (C=O) groups is 1. The molecular formula is C10H19IO3. The fourth-order valence-electron chi connectivity index (χ4n) is 1.25. The largest absolute Gasteiger partial charge is 0.480 e. The molecule has 84 valence electrons. The summed E-state index contributed by atoms with van der Waals surface area (Å²) in [4.78, 5) is 10.8. The smallest absolute Gasteiger partial charge is 0.319 e. The van der Waals surface area contributed by atoms with Crippen LogP contribution in [0, 0.1) is 0 Å². The van der Waals surface area contributed by atoms with Crippen molar-refractivity contribution in [2.45, 2.75) is 55.5 Å². The number of hydrogen-bond donors (Lipinski definition) is 2. The highest BCUT2D eigenvalue weighted by Crippen LogP contribution is 2.25. The average Bonchev–Trinajstić information content (AvgIpc) is 2.04. The Bertz CT molecular complexity index is 180. The van der Waals surface area contributed by atoms with Crippen molar-refractivity contribution < 1.29 is 15.0 Å². The molecule has 0 amide bonds. The van der Waals surface area contributed by atoms with E-state index in [1.807, 2.05) is 29.5 Å². The van der Waals surface area contributed by atoms with Gasteiger partial charge in [0, 0.05) is 0 Å². The minimum absolute atomic E-state index is 0.263. The van der Waals surface area contributed by atoms with Crippen molar-refractivity contribution >= 4 is 28.6 Å². The monoisotopic (exact) mass is 314 g/mol. The molecule has 0 radical (unpaired) electrons. The predicted molar refractivity (Wildman–Crippen MR) is 64.8 cm³/mol. The van der Waals surface area contributed by atoms with Crippen LogP contribution in [0.25, 0.3) is 0 Å². The molecule has 0 aliphatic carbocycles. The second-order valence-corrected chi connectivity index (χ2v) is 6.22. The zero-order valence-electron chi connectivity index (χ0n) is 8.79. The van der Waals surface area contributed by atoms with Crippen LogP contribution in [-0.2, 0) is 4.79 Å². The molecule has 0 aliphatic heterocycles. The van der Waals surface area contributed by atoms with Gasteiger partial charge < -0.3 is 10.2 Å². The van der Waals surface area contributed by atoms with Crippen LogP contribution in [-0.4, -0.2) is 25.7 Å². The molecule has 0 saturated heterocycles. The third-order valence-corrected chi connectivity index (χ3v) is 3.25. The van der Waals surface area contributed by atoms with Crippen LogP contribution in [0.3, 0.4) is 0 Å². The summed E-state index contributed by atoms with van der Waals surface area (Å²) in [6, 6.07) is 0. The van der Waals surface area contributed by atoms with Crippen molar-refractivity contribution in [1.29, 1.82) is 0 Å². The predicted octanol–water partition coefficient (Wildman–Crippen LogP) is 2.60. The zero-order valence-corrected chi connectivity index (χ0v) is 11.0. The van der Waals surface area contributed by atoms with Gasteiger partial charge in [-0.15, -0.1) is 0 Å². The maximum absolute atomic E-state index is 10.8. The Kier molecular flexibility index (Phi) is 6.68. The molecule has 0 aromatic rings. The van der Waals surface area contributed by atoms with Crippen LogP contribution in [0.15, 0.2) is 0 Å². The van der Waals surface area contributed by atoms with Crippen molar-refractivity contribution in [3.63, 3.8) is 0 Å². The normalized spacial score (nSPS) is 17.4. The van der Waals surface area contributed by atoms with Crippen molar-refractivity contribution in [3.05, 3.63) is 0 Å². The second-order valence-electron chi connectivity index (χ2n) is 3.84. The molecule has 0 aliphatic rings. The summed E-state index contributed by atoms with van der Waals surface area (Å²) in [6.07, 6.45) is 3.61. The highest BCUT2D eigenvalue weighted by atomic mass is 127. The second kappa shape index (κ2) is 6.61. The lowest BCUT2D eigenvalue weighted by Crippen LogP contribution is -2.27. The summed E-state index contributed by atoms with van der Waals surface area (Å²) in [7, 11) is 0. The molecule has 0 aromatic heterocycles. The molecule has 14 heavy (non-hydrogen) atoms. The summed E-state index contributed by atoms with van der Waals surface area (Å²) in [6.45, 7) is 3.74. The Morgan fingerprint density at radius 2 is 2.07 bits per heavy atom. The van der Waals surface area contributed by atoms with Gasteiger partial charge in [0.05, 0.1) is 6.10 Å². The number of aliphatic carboxylic acids is 1. The molecule has 2 atom stereocenters. The summed E-state index contributed by atoms with van der Waals surface area (Å²) in [5.41, 5.74) is 0. The van der Waals surface area contributed by atoms with E-state index in [1.165, 1.54) is 0 Å². The fraction of sp³-hybridized carbons (Fsp3) is 0.900. The van der Waals surface area contributed by atoms with Crippen molar-refractivity contribution in [3.8, 4) is 0 Å². The summed E-state index contributed by atoms with van der Waals surface area (Å²) in [5.74, 6) is -0.775. The molecule has 0 heterocycles. The lowest BCUT2D eigenvalue weighted by molar-refractivity contribution is -0.139. The first kappa shape index (κ1) is 14.2. The van der Waals surface area contributed by atoms with Crippen LogP contribution < -0.4 is 0 Å². The molecule has 3 nitrogen and oxygen atoms in total. The first-order valence-electron chi connectivity index (χ1n) is 5.00. The molecule has 4 heteroatoms. The lowest BCUT2D eigenvalue weighted by atomic mass is 10.0. The van der Waals surface area contributed by atoms with Gasteiger partial charge in [0.1, 0.15) is 3.42 Å². The van der Waals surface area contributed by atoms with Gasteiger partial charge in [-0.25, -0.2) is 0 Å². The van der Waals surface area contributed by atoms with Gasteiger partial charge in [-0.2, -0.15) is 0 Å². The Balaban J connectivity index is 3.68. The summed E-state index contributed by atoms with van der Waals surface area (Å²) >= 11 is 1.95. The van der Waals surface area contributed by atoms with Gasteiger partial charge in [-0.05, 0) is 32.6 Å². The number of carboxylic acids is 1. The van der Waals surface area contributed by atoms with Crippen molar-refractivity contribution in [2.24, 2.45) is 0 Å². The van der Waals surface area contributed by atoms with Crippen LogP contribution in [0.5, 0.6) is 0 Å². The van der Waals surface area contributed by atoms with Crippen molar-refractivity contribution in [1.82, 2.24) is 0 Å². The Labute approximate surface area is 99.0 Å². The van der Waals surface area contributed by atoms with Gasteiger partial charge >= 0.3 is 5.97 Å². The highest BCUT2D eigenvalue weighted by molar-refractivity contribution is 14.1. The van der Waals surface area contributed by atoms with E-state index in [4.69, 9.17) is 5.11 Å². The van der Waals surface area contributed by atoms with Gasteiger partial charge in [0.25, 0.3) is 0 Å². The van der Waals surface area contributed by atoms with Gasteiger partial charge in [-0.3, -0.25) is 4.79 Å². The van der Waals surface area contributed by atoms with E-state index in [1.54, 1.807) is 6.92 Å². The zero-order chi connectivity index (χ0) is 11.2. The van der Waals surface area contributed by atoms with E-state index >= 15 is 0 Å². The third kappa shape index (κ3) is 5.80. The lowest BCUT2D eigenvalue weighted by Gasteiger charge is -2.17. The van der Waals surface area contributed by atoms with Crippen LogP contribution >= 0.6 is 22.6 Å². The summed E-state index contributed by atoms with van der Waals surface area (Å²) < 4.78 is -0.691. The fourth-order valence-corrected chi connectivity index (χ4v) is 1.64. The average molecular weight is 314 g/mol. The minimum atomic E-state index is -0.775. The van der Waals surface area contributed by atoms with Gasteiger partial charge in [0.2, 0.25) is 0 Å². The first-order valence-corrected chi connectivity index (χ1v) is 6.08. The Hall–Kier alpha value is 0.160. The van der Waals surface area contributed by atoms with Gasteiger partial charge in [-0.1, -0.05) is 35.9 Å². The molecule has 0 aromatic carbocycles. The van der Waals surface area contributed by atoms with Crippen molar-refractivity contribution in [2.75, 3.05) is 0 Å². The maximum atomic E-state index is 10.8. The molecule has 0 spiro atoms. The number of carboxylic acid groups (broad SMARTS) is 1. The number of halogens is 1. The number of rotatable bonds is 7. The molecule has 0 fully saturated rings. The number of aliphatic hydroxyl groups is 1. The number of alkyl halides is 1. The maximum Gasteiger partial charge on any atom is 0.319 e. The summed E-state index contributed by atoms with van der Waals surface area (Å²) in [5, 5.41) is 18.3. The highest BCUT2D eigenvalue weighted by Gasteiger charge is 2.28.